The van der Waals surface area contributed by atoms with Gasteiger partial charge >= 0.3 is 6.18 Å². The Morgan fingerprint density at radius 2 is 1.94 bits per heavy atom. The summed E-state index contributed by atoms with van der Waals surface area (Å²) >= 11 is 0. The standard InChI is InChI=1S/C22H19F3N2O4/c1-2-26-21(28,13-14-4-3-5-16(10-14)22(23,24)25)31-17-6-7-19-15(11-17)12-20(30-19)18-8-9-29-27-18/h3-12,26,28H,2,13H2,1H3. The van der Waals surface area contributed by atoms with Crippen LogP contribution in [0.25, 0.3) is 22.4 Å². The number of rotatable bonds is 7. The summed E-state index contributed by atoms with van der Waals surface area (Å²) < 4.78 is 55.4. The van der Waals surface area contributed by atoms with Crippen molar-refractivity contribution in [2.75, 3.05) is 6.54 Å². The molecule has 0 saturated carbocycles. The summed E-state index contributed by atoms with van der Waals surface area (Å²) in [5.41, 5.74) is 0.600. The lowest BCUT2D eigenvalue weighted by Gasteiger charge is -2.30. The Balaban J connectivity index is 1.59. The van der Waals surface area contributed by atoms with Gasteiger partial charge in [-0.2, -0.15) is 13.2 Å². The van der Waals surface area contributed by atoms with E-state index in [1.54, 1.807) is 37.3 Å². The lowest BCUT2D eigenvalue weighted by molar-refractivity contribution is -0.161. The number of halogens is 3. The maximum atomic E-state index is 13.0. The number of nitrogens with zero attached hydrogens (tertiary/aromatic N) is 1. The molecule has 2 heterocycles. The highest BCUT2D eigenvalue weighted by atomic mass is 19.4. The molecule has 2 N–H and O–H groups in total. The van der Waals surface area contributed by atoms with Crippen molar-refractivity contribution < 1.29 is 32.0 Å². The summed E-state index contributed by atoms with van der Waals surface area (Å²) in [6, 6.07) is 13.1. The number of alkyl halides is 3. The Labute approximate surface area is 175 Å². The van der Waals surface area contributed by atoms with Crippen LogP contribution in [-0.2, 0) is 12.6 Å². The highest BCUT2D eigenvalue weighted by Crippen LogP contribution is 2.32. The average molecular weight is 432 g/mol. The fourth-order valence-electron chi connectivity index (χ4n) is 3.29. The van der Waals surface area contributed by atoms with Crippen LogP contribution in [0.1, 0.15) is 18.1 Å². The van der Waals surface area contributed by atoms with Crippen molar-refractivity contribution in [3.8, 4) is 17.2 Å². The van der Waals surface area contributed by atoms with Crippen LogP contribution < -0.4 is 10.1 Å². The molecular weight excluding hydrogens is 413 g/mol. The van der Waals surface area contributed by atoms with E-state index in [1.165, 1.54) is 18.4 Å². The molecule has 4 rings (SSSR count). The molecule has 2 aromatic heterocycles. The number of ether oxygens (including phenoxy) is 1. The normalized spacial score (nSPS) is 14.0. The number of benzene rings is 2. The van der Waals surface area contributed by atoms with Crippen LogP contribution >= 0.6 is 0 Å². The molecule has 0 aliphatic heterocycles. The van der Waals surface area contributed by atoms with Gasteiger partial charge in [0.1, 0.15) is 23.3 Å². The van der Waals surface area contributed by atoms with Gasteiger partial charge in [-0.1, -0.05) is 30.3 Å². The first-order valence-corrected chi connectivity index (χ1v) is 9.53. The van der Waals surface area contributed by atoms with E-state index in [2.05, 4.69) is 10.5 Å². The molecule has 31 heavy (non-hydrogen) atoms. The molecule has 0 saturated heterocycles. The zero-order valence-corrected chi connectivity index (χ0v) is 16.4. The van der Waals surface area contributed by atoms with Crippen LogP contribution in [0.4, 0.5) is 13.2 Å². The topological polar surface area (TPSA) is 80.7 Å². The van der Waals surface area contributed by atoms with Gasteiger partial charge in [0, 0.05) is 11.5 Å². The Kier molecular flexibility index (Phi) is 5.47. The average Bonchev–Trinajstić information content (AvgIpc) is 3.37. The second kappa shape index (κ2) is 8.09. The zero-order chi connectivity index (χ0) is 22.1. The Morgan fingerprint density at radius 3 is 2.65 bits per heavy atom. The third-order valence-corrected chi connectivity index (χ3v) is 4.62. The Morgan fingerprint density at radius 1 is 1.10 bits per heavy atom. The molecule has 0 aliphatic carbocycles. The highest BCUT2D eigenvalue weighted by Gasteiger charge is 2.33. The number of likely N-dealkylation sites (N-methyl/N-ethyl adjacent to an activating group) is 1. The molecule has 0 spiro atoms. The molecule has 1 atom stereocenters. The van der Waals surface area contributed by atoms with Gasteiger partial charge in [0.05, 0.1) is 12.0 Å². The second-order valence-corrected chi connectivity index (χ2v) is 6.99. The number of hydrogen-bond donors (Lipinski definition) is 2. The first kappa shape index (κ1) is 21.0. The minimum atomic E-state index is -4.47. The molecule has 9 heteroatoms. The van der Waals surface area contributed by atoms with E-state index in [0.29, 0.717) is 34.7 Å². The van der Waals surface area contributed by atoms with Gasteiger partial charge in [0.15, 0.2) is 5.76 Å². The van der Waals surface area contributed by atoms with Gasteiger partial charge in [0.2, 0.25) is 0 Å². The fourth-order valence-corrected chi connectivity index (χ4v) is 3.29. The third kappa shape index (κ3) is 4.73. The maximum absolute atomic E-state index is 13.0. The monoisotopic (exact) mass is 432 g/mol. The molecule has 0 amide bonds. The van der Waals surface area contributed by atoms with Crippen molar-refractivity contribution in [2.24, 2.45) is 0 Å². The van der Waals surface area contributed by atoms with Gasteiger partial charge in [0.25, 0.3) is 5.91 Å². The molecule has 0 fully saturated rings. The predicted molar refractivity (Wildman–Crippen MR) is 106 cm³/mol. The van der Waals surface area contributed by atoms with Crippen molar-refractivity contribution in [1.29, 1.82) is 0 Å². The molecule has 0 bridgehead atoms. The third-order valence-electron chi connectivity index (χ3n) is 4.62. The number of aromatic nitrogens is 1. The lowest BCUT2D eigenvalue weighted by atomic mass is 10.1. The molecular formula is C22H19F3N2O4. The van der Waals surface area contributed by atoms with Gasteiger partial charge in [-0.3, -0.25) is 5.32 Å². The van der Waals surface area contributed by atoms with Crippen molar-refractivity contribution >= 4 is 11.0 Å². The van der Waals surface area contributed by atoms with Crippen molar-refractivity contribution in [1.82, 2.24) is 10.5 Å². The van der Waals surface area contributed by atoms with Crippen molar-refractivity contribution in [3.63, 3.8) is 0 Å². The molecule has 0 aliphatic rings. The predicted octanol–water partition coefficient (Wildman–Crippen LogP) is 4.98. The van der Waals surface area contributed by atoms with Gasteiger partial charge in [-0.15, -0.1) is 0 Å². The first-order valence-electron chi connectivity index (χ1n) is 9.53. The number of nitrogens with one attached hydrogen (secondary N) is 1. The van der Waals surface area contributed by atoms with Crippen LogP contribution in [0.15, 0.2) is 69.8 Å². The van der Waals surface area contributed by atoms with Crippen LogP contribution in [-0.4, -0.2) is 22.7 Å². The molecule has 0 radical (unpaired) electrons. The minimum Gasteiger partial charge on any atom is -0.454 e. The summed E-state index contributed by atoms with van der Waals surface area (Å²) in [4.78, 5) is 0. The quantitative estimate of drug-likeness (QED) is 0.401. The van der Waals surface area contributed by atoms with Crippen LogP contribution in [0, 0.1) is 0 Å². The van der Waals surface area contributed by atoms with Crippen LogP contribution in [0.2, 0.25) is 0 Å². The first-order chi connectivity index (χ1) is 14.8. The summed E-state index contributed by atoms with van der Waals surface area (Å²) in [5, 5.41) is 18.3. The second-order valence-electron chi connectivity index (χ2n) is 6.99. The van der Waals surface area contributed by atoms with Crippen LogP contribution in [0.3, 0.4) is 0 Å². The SMILES string of the molecule is CCNC(O)(Cc1cccc(C(F)(F)F)c1)Oc1ccc2oc(-c3ccon3)cc2c1. The maximum Gasteiger partial charge on any atom is 0.416 e. The Bertz CT molecular complexity index is 1170. The summed E-state index contributed by atoms with van der Waals surface area (Å²) in [6.45, 7) is 2.09. The van der Waals surface area contributed by atoms with Crippen molar-refractivity contribution in [2.45, 2.75) is 25.4 Å². The van der Waals surface area contributed by atoms with E-state index in [4.69, 9.17) is 13.7 Å². The van der Waals surface area contributed by atoms with E-state index in [9.17, 15) is 18.3 Å². The van der Waals surface area contributed by atoms with E-state index >= 15 is 0 Å². The number of fused-ring (bicyclic) bond motifs is 1. The van der Waals surface area contributed by atoms with E-state index in [0.717, 1.165) is 12.1 Å². The zero-order valence-electron chi connectivity index (χ0n) is 16.4. The lowest BCUT2D eigenvalue weighted by Crippen LogP contribution is -2.52. The Hall–Kier alpha value is -3.30. The molecule has 4 aromatic rings. The van der Waals surface area contributed by atoms with Gasteiger partial charge in [-0.25, -0.2) is 0 Å². The van der Waals surface area contributed by atoms with Crippen molar-refractivity contribution in [3.05, 3.63) is 72.0 Å². The smallest absolute Gasteiger partial charge is 0.416 e. The minimum absolute atomic E-state index is 0.196. The molecule has 1 unspecified atom stereocenters. The van der Waals surface area contributed by atoms with Gasteiger partial charge < -0.3 is 18.8 Å². The number of hydrogen-bond acceptors (Lipinski definition) is 6. The largest absolute Gasteiger partial charge is 0.454 e. The number of aliphatic hydroxyl groups is 1. The fraction of sp³-hybridized carbons (Fsp3) is 0.227. The van der Waals surface area contributed by atoms with Gasteiger partial charge in [-0.05, 0) is 42.4 Å². The van der Waals surface area contributed by atoms with Crippen LogP contribution in [0.5, 0.6) is 5.75 Å². The summed E-state index contributed by atoms with van der Waals surface area (Å²) in [7, 11) is 0. The molecule has 162 valence electrons. The summed E-state index contributed by atoms with van der Waals surface area (Å²) in [5.74, 6) is -1.09. The van der Waals surface area contributed by atoms with E-state index in [1.807, 2.05) is 0 Å². The molecule has 2 aromatic carbocycles. The summed E-state index contributed by atoms with van der Waals surface area (Å²) in [6.07, 6.45) is -3.24. The van der Waals surface area contributed by atoms with E-state index < -0.39 is 17.7 Å². The number of furan rings is 1. The highest BCUT2D eigenvalue weighted by molar-refractivity contribution is 5.83. The van der Waals surface area contributed by atoms with E-state index in [-0.39, 0.29) is 12.0 Å². The molecule has 6 nitrogen and oxygen atoms in total.